The van der Waals surface area contributed by atoms with E-state index >= 15 is 0 Å². The smallest absolute Gasteiger partial charge is 0.333 e. The number of carbonyl (C=O) groups is 1. The molecule has 0 saturated carbocycles. The van der Waals surface area contributed by atoms with Gasteiger partial charge in [-0.15, -0.1) is 0 Å². The van der Waals surface area contributed by atoms with Gasteiger partial charge in [-0.1, -0.05) is 6.07 Å². The summed E-state index contributed by atoms with van der Waals surface area (Å²) >= 11 is 0. The zero-order valence-electron chi connectivity index (χ0n) is 15.1. The van der Waals surface area contributed by atoms with Crippen LogP contribution < -0.4 is 9.64 Å². The molecule has 0 amide bonds. The number of benzene rings is 2. The number of nitro benzene ring substituents is 1. The van der Waals surface area contributed by atoms with Crippen LogP contribution in [0.2, 0.25) is 0 Å². The number of para-hydroxylation sites is 1. The van der Waals surface area contributed by atoms with Crippen molar-refractivity contribution >= 4 is 17.2 Å². The highest BCUT2D eigenvalue weighted by Gasteiger charge is 2.31. The predicted octanol–water partition coefficient (Wildman–Crippen LogP) is 4.23. The largest absolute Gasteiger partial charge is 0.487 e. The van der Waals surface area contributed by atoms with Crippen LogP contribution in [0.1, 0.15) is 30.1 Å². The van der Waals surface area contributed by atoms with Crippen LogP contribution in [0.5, 0.6) is 5.75 Å². The third kappa shape index (κ3) is 4.07. The minimum Gasteiger partial charge on any atom is -0.487 e. The zero-order chi connectivity index (χ0) is 19.4. The van der Waals surface area contributed by atoms with Gasteiger partial charge < -0.3 is 9.64 Å². The highest BCUT2D eigenvalue weighted by molar-refractivity contribution is 5.98. The van der Waals surface area contributed by atoms with Crippen LogP contribution in [0, 0.1) is 21.8 Å². The molecule has 1 fully saturated rings. The maximum absolute atomic E-state index is 13.1. The zero-order valence-corrected chi connectivity index (χ0v) is 15.1. The lowest BCUT2D eigenvalue weighted by molar-refractivity contribution is -0.385. The van der Waals surface area contributed by atoms with Crippen LogP contribution in [0.3, 0.4) is 0 Å². The second-order valence-corrected chi connectivity index (χ2v) is 6.47. The second-order valence-electron chi connectivity index (χ2n) is 6.47. The fourth-order valence-corrected chi connectivity index (χ4v) is 3.48. The van der Waals surface area contributed by atoms with Crippen molar-refractivity contribution in [2.24, 2.45) is 5.92 Å². The first-order valence-corrected chi connectivity index (χ1v) is 8.96. The molecule has 0 aromatic heterocycles. The Bertz CT molecular complexity index is 838. The van der Waals surface area contributed by atoms with Crippen molar-refractivity contribution in [1.82, 2.24) is 0 Å². The molecule has 0 aliphatic carbocycles. The summed E-state index contributed by atoms with van der Waals surface area (Å²) in [7, 11) is 0. The first kappa shape index (κ1) is 18.8. The number of carbonyl (C=O) groups excluding carboxylic acids is 1. The molecule has 1 heterocycles. The van der Waals surface area contributed by atoms with E-state index in [1.807, 2.05) is 4.90 Å². The van der Waals surface area contributed by atoms with Gasteiger partial charge in [0.05, 0.1) is 11.5 Å². The Kier molecular flexibility index (Phi) is 5.69. The van der Waals surface area contributed by atoms with Crippen molar-refractivity contribution in [1.29, 1.82) is 0 Å². The predicted molar refractivity (Wildman–Crippen MR) is 99.9 cm³/mol. The standard InChI is InChI=1S/C20H21FN2O4/c1-2-27-18-7-3-6-17(19(18)23(25)26)22-12-4-5-15(13-22)20(24)14-8-10-16(21)11-9-14/h3,6-11,15H,2,4-5,12-13H2,1H3. The lowest BCUT2D eigenvalue weighted by Gasteiger charge is -2.33. The summed E-state index contributed by atoms with van der Waals surface area (Å²) in [6, 6.07) is 10.5. The third-order valence-corrected chi connectivity index (χ3v) is 4.72. The first-order chi connectivity index (χ1) is 13.0. The number of rotatable bonds is 6. The van der Waals surface area contributed by atoms with Gasteiger partial charge in [0.2, 0.25) is 0 Å². The van der Waals surface area contributed by atoms with E-state index in [0.717, 1.165) is 6.42 Å². The van der Waals surface area contributed by atoms with E-state index in [4.69, 9.17) is 4.74 Å². The van der Waals surface area contributed by atoms with Gasteiger partial charge in [0.15, 0.2) is 11.5 Å². The molecule has 6 nitrogen and oxygen atoms in total. The first-order valence-electron chi connectivity index (χ1n) is 8.96. The van der Waals surface area contributed by atoms with Gasteiger partial charge in [0.25, 0.3) is 0 Å². The molecule has 0 N–H and O–H groups in total. The minimum absolute atomic E-state index is 0.0664. The number of nitro groups is 1. The molecule has 1 unspecified atom stereocenters. The second kappa shape index (κ2) is 8.16. The van der Waals surface area contributed by atoms with E-state index in [9.17, 15) is 19.3 Å². The maximum Gasteiger partial charge on any atom is 0.333 e. The summed E-state index contributed by atoms with van der Waals surface area (Å²) in [5.74, 6) is -0.518. The number of anilines is 1. The Morgan fingerprint density at radius 1 is 1.30 bits per heavy atom. The molecule has 0 spiro atoms. The molecular formula is C20H21FN2O4. The number of piperidine rings is 1. The fraction of sp³-hybridized carbons (Fsp3) is 0.350. The van der Waals surface area contributed by atoms with Crippen LogP contribution in [0.15, 0.2) is 42.5 Å². The molecule has 1 aliphatic heterocycles. The van der Waals surface area contributed by atoms with Gasteiger partial charge >= 0.3 is 5.69 Å². The number of hydrogen-bond donors (Lipinski definition) is 0. The molecule has 0 radical (unpaired) electrons. The number of halogens is 1. The van der Waals surface area contributed by atoms with E-state index < -0.39 is 4.92 Å². The van der Waals surface area contributed by atoms with E-state index in [0.29, 0.717) is 37.4 Å². The van der Waals surface area contributed by atoms with Crippen molar-refractivity contribution in [3.05, 3.63) is 64.0 Å². The van der Waals surface area contributed by atoms with E-state index in [2.05, 4.69) is 0 Å². The topological polar surface area (TPSA) is 72.7 Å². The van der Waals surface area contributed by atoms with Crippen LogP contribution in [-0.2, 0) is 0 Å². The Morgan fingerprint density at radius 2 is 2.04 bits per heavy atom. The summed E-state index contributed by atoms with van der Waals surface area (Å²) in [4.78, 5) is 25.8. The molecule has 0 bridgehead atoms. The van der Waals surface area contributed by atoms with Gasteiger partial charge in [-0.3, -0.25) is 14.9 Å². The Morgan fingerprint density at radius 3 is 2.70 bits per heavy atom. The lowest BCUT2D eigenvalue weighted by atomic mass is 9.89. The quantitative estimate of drug-likeness (QED) is 0.431. The fourth-order valence-electron chi connectivity index (χ4n) is 3.48. The summed E-state index contributed by atoms with van der Waals surface area (Å²) in [5, 5.41) is 11.6. The van der Waals surface area contributed by atoms with Crippen molar-refractivity contribution in [2.75, 3.05) is 24.6 Å². The molecule has 1 saturated heterocycles. The molecule has 27 heavy (non-hydrogen) atoms. The number of ketones is 1. The third-order valence-electron chi connectivity index (χ3n) is 4.72. The van der Waals surface area contributed by atoms with Gasteiger partial charge in [-0.05, 0) is 56.2 Å². The van der Waals surface area contributed by atoms with Gasteiger partial charge in [-0.2, -0.15) is 0 Å². The van der Waals surface area contributed by atoms with Crippen LogP contribution in [-0.4, -0.2) is 30.4 Å². The number of Topliss-reactive ketones (excluding diaryl/α,β-unsaturated/α-hetero) is 1. The monoisotopic (exact) mass is 372 g/mol. The number of ether oxygens (including phenoxy) is 1. The Hall–Kier alpha value is -2.96. The van der Waals surface area contributed by atoms with E-state index in [-0.39, 0.29) is 29.0 Å². The molecule has 142 valence electrons. The summed E-state index contributed by atoms with van der Waals surface area (Å²) in [5.41, 5.74) is 0.845. The molecule has 7 heteroatoms. The van der Waals surface area contributed by atoms with Crippen LogP contribution in [0.4, 0.5) is 15.8 Å². The van der Waals surface area contributed by atoms with Gasteiger partial charge in [-0.25, -0.2) is 4.39 Å². The average Bonchev–Trinajstić information content (AvgIpc) is 2.68. The molecule has 2 aromatic rings. The molecule has 2 aromatic carbocycles. The lowest BCUT2D eigenvalue weighted by Crippen LogP contribution is -2.39. The van der Waals surface area contributed by atoms with Crippen LogP contribution >= 0.6 is 0 Å². The summed E-state index contributed by atoms with van der Waals surface area (Å²) in [6.45, 7) is 3.11. The van der Waals surface area contributed by atoms with Crippen molar-refractivity contribution in [3.8, 4) is 5.75 Å². The number of nitrogens with zero attached hydrogens (tertiary/aromatic N) is 2. The van der Waals surface area contributed by atoms with Crippen molar-refractivity contribution in [3.63, 3.8) is 0 Å². The SMILES string of the molecule is CCOc1cccc(N2CCCC(C(=O)c3ccc(F)cc3)C2)c1[N+](=O)[O-]. The molecular weight excluding hydrogens is 351 g/mol. The van der Waals surface area contributed by atoms with E-state index in [1.54, 1.807) is 25.1 Å². The highest BCUT2D eigenvalue weighted by Crippen LogP contribution is 2.39. The Balaban J connectivity index is 1.86. The highest BCUT2D eigenvalue weighted by atomic mass is 19.1. The Labute approximate surface area is 156 Å². The van der Waals surface area contributed by atoms with Crippen LogP contribution in [0.25, 0.3) is 0 Å². The molecule has 1 aliphatic rings. The number of hydrogen-bond acceptors (Lipinski definition) is 5. The maximum atomic E-state index is 13.1. The van der Waals surface area contributed by atoms with E-state index in [1.165, 1.54) is 24.3 Å². The normalized spacial score (nSPS) is 16.8. The molecule has 1 atom stereocenters. The van der Waals surface area contributed by atoms with Gasteiger partial charge in [0.1, 0.15) is 11.5 Å². The average molecular weight is 372 g/mol. The van der Waals surface area contributed by atoms with Crippen molar-refractivity contribution < 1.29 is 18.8 Å². The van der Waals surface area contributed by atoms with Crippen molar-refractivity contribution in [2.45, 2.75) is 19.8 Å². The summed E-state index contributed by atoms with van der Waals surface area (Å²) < 4.78 is 18.5. The molecule has 3 rings (SSSR count). The minimum atomic E-state index is -0.439. The van der Waals surface area contributed by atoms with Gasteiger partial charge in [0, 0.05) is 24.6 Å². The summed E-state index contributed by atoms with van der Waals surface area (Å²) in [6.07, 6.45) is 1.44.